The summed E-state index contributed by atoms with van der Waals surface area (Å²) in [7, 11) is 0. The average Bonchev–Trinajstić information content (AvgIpc) is 2.41. The van der Waals surface area contributed by atoms with Crippen LogP contribution >= 0.6 is 0 Å². The highest BCUT2D eigenvalue weighted by Gasteiger charge is 2.12. The molecule has 2 N–H and O–H groups in total. The van der Waals surface area contributed by atoms with Crippen molar-refractivity contribution >= 4 is 17.3 Å². The Labute approximate surface area is 114 Å². The molecule has 0 aromatic heterocycles. The van der Waals surface area contributed by atoms with Crippen molar-refractivity contribution in [3.8, 4) is 5.75 Å². The van der Waals surface area contributed by atoms with Gasteiger partial charge in [0.05, 0.1) is 10.6 Å². The Morgan fingerprint density at radius 3 is 2.65 bits per heavy atom. The van der Waals surface area contributed by atoms with Gasteiger partial charge in [-0.3, -0.25) is 14.9 Å². The maximum atomic E-state index is 12.0. The number of rotatable bonds is 3. The molecular weight excluding hydrogens is 260 g/mol. The van der Waals surface area contributed by atoms with Crippen molar-refractivity contribution in [1.29, 1.82) is 0 Å². The molecule has 2 rings (SSSR count). The SMILES string of the molecule is Cc1ccc([N+](=O)[O-])cc1NC(=O)c1cccc(O)c1. The second-order valence-corrected chi connectivity index (χ2v) is 4.26. The number of hydrogen-bond acceptors (Lipinski definition) is 4. The molecule has 0 saturated carbocycles. The fourth-order valence-corrected chi connectivity index (χ4v) is 1.70. The average molecular weight is 272 g/mol. The molecule has 102 valence electrons. The van der Waals surface area contributed by atoms with Gasteiger partial charge < -0.3 is 10.4 Å². The molecule has 0 unspecified atom stereocenters. The zero-order valence-electron chi connectivity index (χ0n) is 10.7. The third-order valence-corrected chi connectivity index (χ3v) is 2.79. The van der Waals surface area contributed by atoms with Crippen molar-refractivity contribution < 1.29 is 14.8 Å². The number of nitro groups is 1. The molecule has 6 heteroatoms. The number of nitro benzene ring substituents is 1. The molecule has 0 heterocycles. The topological polar surface area (TPSA) is 92.5 Å². The molecule has 0 aliphatic heterocycles. The molecule has 0 saturated heterocycles. The van der Waals surface area contributed by atoms with E-state index in [1.807, 2.05) is 0 Å². The minimum absolute atomic E-state index is 0.0200. The monoisotopic (exact) mass is 272 g/mol. The van der Waals surface area contributed by atoms with E-state index in [0.29, 0.717) is 11.3 Å². The lowest BCUT2D eigenvalue weighted by atomic mass is 10.1. The molecule has 0 atom stereocenters. The number of nitrogens with one attached hydrogen (secondary N) is 1. The highest BCUT2D eigenvalue weighted by molar-refractivity contribution is 6.05. The van der Waals surface area contributed by atoms with Crippen LogP contribution in [0, 0.1) is 17.0 Å². The predicted molar refractivity (Wildman–Crippen MR) is 73.9 cm³/mol. The molecule has 1 amide bonds. The van der Waals surface area contributed by atoms with Crippen molar-refractivity contribution in [1.82, 2.24) is 0 Å². The fourth-order valence-electron chi connectivity index (χ4n) is 1.70. The minimum Gasteiger partial charge on any atom is -0.508 e. The summed E-state index contributed by atoms with van der Waals surface area (Å²) in [5, 5.41) is 22.6. The largest absolute Gasteiger partial charge is 0.508 e. The zero-order valence-corrected chi connectivity index (χ0v) is 10.7. The highest BCUT2D eigenvalue weighted by atomic mass is 16.6. The van der Waals surface area contributed by atoms with Crippen molar-refractivity contribution in [3.63, 3.8) is 0 Å². The van der Waals surface area contributed by atoms with Gasteiger partial charge in [-0.2, -0.15) is 0 Å². The van der Waals surface area contributed by atoms with E-state index in [0.717, 1.165) is 0 Å². The molecule has 0 bridgehead atoms. The standard InChI is InChI=1S/C14H12N2O4/c1-9-5-6-11(16(19)20)8-13(9)15-14(18)10-3-2-4-12(17)7-10/h2-8,17H,1H3,(H,15,18). The fraction of sp³-hybridized carbons (Fsp3) is 0.0714. The van der Waals surface area contributed by atoms with Crippen LogP contribution in [0.25, 0.3) is 0 Å². The number of phenols is 1. The number of benzene rings is 2. The van der Waals surface area contributed by atoms with Crippen LogP contribution in [0.3, 0.4) is 0 Å². The molecule has 6 nitrogen and oxygen atoms in total. The third-order valence-electron chi connectivity index (χ3n) is 2.79. The van der Waals surface area contributed by atoms with Gasteiger partial charge in [-0.05, 0) is 30.7 Å². The van der Waals surface area contributed by atoms with Gasteiger partial charge in [-0.15, -0.1) is 0 Å². The summed E-state index contributed by atoms with van der Waals surface area (Å²) in [5.41, 5.74) is 1.26. The first-order valence-corrected chi connectivity index (χ1v) is 5.83. The lowest BCUT2D eigenvalue weighted by molar-refractivity contribution is -0.384. The van der Waals surface area contributed by atoms with Crippen LogP contribution in [0.5, 0.6) is 5.75 Å². The van der Waals surface area contributed by atoms with E-state index in [1.54, 1.807) is 25.1 Å². The first-order chi connectivity index (χ1) is 9.47. The van der Waals surface area contributed by atoms with E-state index in [9.17, 15) is 20.0 Å². The predicted octanol–water partition coefficient (Wildman–Crippen LogP) is 2.86. The van der Waals surface area contributed by atoms with Crippen LogP contribution in [0.1, 0.15) is 15.9 Å². The Bertz CT molecular complexity index is 683. The summed E-state index contributed by atoms with van der Waals surface area (Å²) in [6.45, 7) is 1.74. The highest BCUT2D eigenvalue weighted by Crippen LogP contribution is 2.22. The Morgan fingerprint density at radius 1 is 1.25 bits per heavy atom. The summed E-state index contributed by atoms with van der Waals surface area (Å²) in [6.07, 6.45) is 0. The Hall–Kier alpha value is -2.89. The van der Waals surface area contributed by atoms with Gasteiger partial charge in [0, 0.05) is 17.7 Å². The van der Waals surface area contributed by atoms with Crippen LogP contribution < -0.4 is 5.32 Å². The smallest absolute Gasteiger partial charge is 0.271 e. The number of anilines is 1. The van der Waals surface area contributed by atoms with Crippen molar-refractivity contribution in [2.45, 2.75) is 6.92 Å². The number of aryl methyl sites for hydroxylation is 1. The van der Waals surface area contributed by atoms with Gasteiger partial charge in [0.25, 0.3) is 11.6 Å². The van der Waals surface area contributed by atoms with Gasteiger partial charge in [-0.25, -0.2) is 0 Å². The summed E-state index contributed by atoms with van der Waals surface area (Å²) < 4.78 is 0. The molecule has 0 fully saturated rings. The van der Waals surface area contributed by atoms with Crippen LogP contribution in [0.2, 0.25) is 0 Å². The van der Waals surface area contributed by atoms with E-state index < -0.39 is 10.8 Å². The van der Waals surface area contributed by atoms with Gasteiger partial charge in [0.1, 0.15) is 5.75 Å². The molecular formula is C14H12N2O4. The van der Waals surface area contributed by atoms with E-state index in [-0.39, 0.29) is 17.0 Å². The number of hydrogen-bond donors (Lipinski definition) is 2. The maximum Gasteiger partial charge on any atom is 0.271 e. The van der Waals surface area contributed by atoms with Crippen molar-refractivity contribution in [3.05, 3.63) is 63.7 Å². The second-order valence-electron chi connectivity index (χ2n) is 4.26. The van der Waals surface area contributed by atoms with E-state index in [2.05, 4.69) is 5.32 Å². The van der Waals surface area contributed by atoms with Gasteiger partial charge in [0.15, 0.2) is 0 Å². The van der Waals surface area contributed by atoms with Gasteiger partial charge in [-0.1, -0.05) is 12.1 Å². The number of amides is 1. The summed E-state index contributed by atoms with van der Waals surface area (Å²) in [4.78, 5) is 22.2. The summed E-state index contributed by atoms with van der Waals surface area (Å²) in [5.74, 6) is -0.460. The number of carbonyl (C=O) groups excluding carboxylic acids is 1. The first kappa shape index (κ1) is 13.5. The van der Waals surface area contributed by atoms with Crippen molar-refractivity contribution in [2.75, 3.05) is 5.32 Å². The normalized spacial score (nSPS) is 10.1. The quantitative estimate of drug-likeness (QED) is 0.663. The molecule has 0 spiro atoms. The van der Waals surface area contributed by atoms with Crippen molar-refractivity contribution in [2.24, 2.45) is 0 Å². The van der Waals surface area contributed by atoms with E-state index >= 15 is 0 Å². The zero-order chi connectivity index (χ0) is 14.7. The molecule has 2 aromatic carbocycles. The van der Waals surface area contributed by atoms with E-state index in [4.69, 9.17) is 0 Å². The molecule has 0 radical (unpaired) electrons. The van der Waals surface area contributed by atoms with Crippen LogP contribution in [0.15, 0.2) is 42.5 Å². The van der Waals surface area contributed by atoms with Crippen LogP contribution in [-0.4, -0.2) is 15.9 Å². The number of phenolic OH excluding ortho intramolecular Hbond substituents is 1. The number of carbonyl (C=O) groups is 1. The van der Waals surface area contributed by atoms with E-state index in [1.165, 1.54) is 24.3 Å². The first-order valence-electron chi connectivity index (χ1n) is 5.83. The Morgan fingerprint density at radius 2 is 2.00 bits per heavy atom. The number of nitrogens with zero attached hydrogens (tertiary/aromatic N) is 1. The maximum absolute atomic E-state index is 12.0. The lowest BCUT2D eigenvalue weighted by Gasteiger charge is -2.08. The Kier molecular flexibility index (Phi) is 3.65. The summed E-state index contributed by atoms with van der Waals surface area (Å²) >= 11 is 0. The molecule has 2 aromatic rings. The number of non-ortho nitro benzene ring substituents is 1. The van der Waals surface area contributed by atoms with Gasteiger partial charge in [0.2, 0.25) is 0 Å². The second kappa shape index (κ2) is 5.40. The molecule has 0 aliphatic carbocycles. The minimum atomic E-state index is -0.524. The van der Waals surface area contributed by atoms with Gasteiger partial charge >= 0.3 is 0 Å². The summed E-state index contributed by atoms with van der Waals surface area (Å²) in [6, 6.07) is 10.1. The molecule has 0 aliphatic rings. The third kappa shape index (κ3) is 2.92. The number of aromatic hydroxyl groups is 1. The molecule has 20 heavy (non-hydrogen) atoms. The van der Waals surface area contributed by atoms with Crippen LogP contribution in [0.4, 0.5) is 11.4 Å². The lowest BCUT2D eigenvalue weighted by Crippen LogP contribution is -2.12. The van der Waals surface area contributed by atoms with Crippen LogP contribution in [-0.2, 0) is 0 Å². The Balaban J connectivity index is 2.27.